The molecule has 0 unspecified atom stereocenters. The molecule has 0 aliphatic rings. The number of hydrogen-bond donors (Lipinski definition) is 3. The predicted octanol–water partition coefficient (Wildman–Crippen LogP) is 2.94. The molecule has 3 aromatic heterocycles. The highest BCUT2D eigenvalue weighted by Crippen LogP contribution is 2.22. The van der Waals surface area contributed by atoms with Crippen molar-refractivity contribution < 1.29 is 4.79 Å². The van der Waals surface area contributed by atoms with Crippen molar-refractivity contribution in [3.63, 3.8) is 0 Å². The van der Waals surface area contributed by atoms with E-state index in [1.54, 1.807) is 30.6 Å². The molecule has 0 atom stereocenters. The average Bonchev–Trinajstić information content (AvgIpc) is 3.07. The topological polar surface area (TPSA) is 119 Å². The Labute approximate surface area is 173 Å². The van der Waals surface area contributed by atoms with E-state index in [-0.39, 0.29) is 18.1 Å². The molecule has 0 bridgehead atoms. The van der Waals surface area contributed by atoms with Gasteiger partial charge in [0.2, 0.25) is 5.91 Å². The number of H-pyrrole nitrogens is 1. The number of nitrogens with two attached hydrogens (primary N) is 1. The molecule has 146 valence electrons. The number of aryl methyl sites for hydroxylation is 1. The fourth-order valence-corrected chi connectivity index (χ4v) is 3.27. The predicted molar refractivity (Wildman–Crippen MR) is 115 cm³/mol. The number of nitrogen functional groups attached to an aromatic ring is 1. The third-order valence-electron chi connectivity index (χ3n) is 4.49. The summed E-state index contributed by atoms with van der Waals surface area (Å²) in [5.41, 5.74) is 8.21. The van der Waals surface area contributed by atoms with Crippen LogP contribution in [0.3, 0.4) is 0 Å². The van der Waals surface area contributed by atoms with Gasteiger partial charge in [-0.1, -0.05) is 0 Å². The molecule has 4 aromatic rings. The summed E-state index contributed by atoms with van der Waals surface area (Å²) in [5.74, 6) is 0.482. The highest BCUT2D eigenvalue weighted by atomic mass is 79.9. The number of pyridine rings is 1. The maximum absolute atomic E-state index is 12.5. The van der Waals surface area contributed by atoms with Gasteiger partial charge in [-0.3, -0.25) is 9.36 Å². The fourth-order valence-electron chi connectivity index (χ4n) is 3.05. The summed E-state index contributed by atoms with van der Waals surface area (Å²) >= 11 is 3.39. The molecule has 29 heavy (non-hydrogen) atoms. The summed E-state index contributed by atoms with van der Waals surface area (Å²) in [6, 6.07) is 10.6. The molecular formula is C20H17BrN6O2. The van der Waals surface area contributed by atoms with Gasteiger partial charge in [0, 0.05) is 27.8 Å². The lowest BCUT2D eigenvalue weighted by Crippen LogP contribution is -2.21. The molecule has 1 amide bonds. The molecular weight excluding hydrogens is 436 g/mol. The van der Waals surface area contributed by atoms with E-state index in [4.69, 9.17) is 5.73 Å². The van der Waals surface area contributed by atoms with Gasteiger partial charge in [-0.05, 0) is 64.8 Å². The average molecular weight is 453 g/mol. The summed E-state index contributed by atoms with van der Waals surface area (Å²) in [4.78, 5) is 35.9. The number of nitrogens with zero attached hydrogens (tertiary/aromatic N) is 3. The van der Waals surface area contributed by atoms with Crippen molar-refractivity contribution in [2.75, 3.05) is 11.1 Å². The number of benzene rings is 1. The van der Waals surface area contributed by atoms with Gasteiger partial charge < -0.3 is 16.0 Å². The summed E-state index contributed by atoms with van der Waals surface area (Å²) in [6.07, 6.45) is 3.53. The molecule has 0 spiro atoms. The highest BCUT2D eigenvalue weighted by molar-refractivity contribution is 9.10. The largest absolute Gasteiger partial charge is 0.383 e. The quantitative estimate of drug-likeness (QED) is 0.439. The number of amides is 1. The van der Waals surface area contributed by atoms with Crippen LogP contribution in [0.5, 0.6) is 0 Å². The zero-order valence-corrected chi connectivity index (χ0v) is 17.0. The van der Waals surface area contributed by atoms with Gasteiger partial charge in [0.1, 0.15) is 11.6 Å². The van der Waals surface area contributed by atoms with E-state index in [2.05, 4.69) is 36.2 Å². The summed E-state index contributed by atoms with van der Waals surface area (Å²) in [7, 11) is 0. The van der Waals surface area contributed by atoms with Crippen molar-refractivity contribution >= 4 is 44.4 Å². The number of halogens is 1. The van der Waals surface area contributed by atoms with Crippen LogP contribution in [-0.2, 0) is 11.2 Å². The Morgan fingerprint density at radius 2 is 2.07 bits per heavy atom. The summed E-state index contributed by atoms with van der Waals surface area (Å²) in [5, 5.41) is 3.66. The number of carbonyl (C=O) groups is 1. The Hall–Kier alpha value is -3.46. The van der Waals surface area contributed by atoms with Crippen LogP contribution < -0.4 is 16.7 Å². The number of aromatic amines is 1. The minimum Gasteiger partial charge on any atom is -0.383 e. The maximum Gasteiger partial charge on any atom is 0.354 e. The Morgan fingerprint density at radius 3 is 2.83 bits per heavy atom. The van der Waals surface area contributed by atoms with Crippen LogP contribution in [0.1, 0.15) is 11.3 Å². The third kappa shape index (κ3) is 3.90. The minimum absolute atomic E-state index is 0.162. The second kappa shape index (κ2) is 7.51. The third-order valence-corrected chi connectivity index (χ3v) is 5.33. The van der Waals surface area contributed by atoms with Gasteiger partial charge in [-0.15, -0.1) is 0 Å². The molecule has 0 aliphatic carbocycles. The standard InChI is InChI=1S/C20H17BrN6O2/c1-11-15(21)3-5-18(24-11)26-19(28)8-12-10-23-16-4-2-13(9-14(12)16)27-7-6-17(22)25-20(27)29/h2-7,9-10,23H,8H2,1H3,(H2,22,25,29)(H,24,26,28). The number of hydrogen-bond acceptors (Lipinski definition) is 5. The van der Waals surface area contributed by atoms with E-state index >= 15 is 0 Å². The van der Waals surface area contributed by atoms with Crippen molar-refractivity contribution in [1.29, 1.82) is 0 Å². The van der Waals surface area contributed by atoms with Crippen molar-refractivity contribution in [3.05, 3.63) is 75.0 Å². The number of nitrogens with one attached hydrogen (secondary N) is 2. The highest BCUT2D eigenvalue weighted by Gasteiger charge is 2.12. The monoisotopic (exact) mass is 452 g/mol. The van der Waals surface area contributed by atoms with Crippen molar-refractivity contribution in [1.82, 2.24) is 19.5 Å². The fraction of sp³-hybridized carbons (Fsp3) is 0.100. The van der Waals surface area contributed by atoms with E-state index in [0.717, 1.165) is 26.6 Å². The Kier molecular flexibility index (Phi) is 4.89. The zero-order valence-electron chi connectivity index (χ0n) is 15.4. The number of rotatable bonds is 4. The number of carbonyl (C=O) groups excluding carboxylic acids is 1. The lowest BCUT2D eigenvalue weighted by Gasteiger charge is -2.07. The van der Waals surface area contributed by atoms with Crippen LogP contribution in [0, 0.1) is 6.92 Å². The van der Waals surface area contributed by atoms with Crippen LogP contribution in [0.4, 0.5) is 11.6 Å². The van der Waals surface area contributed by atoms with Crippen LogP contribution >= 0.6 is 15.9 Å². The number of aromatic nitrogens is 4. The SMILES string of the molecule is Cc1nc(NC(=O)Cc2c[nH]c3ccc(-n4ccc(N)nc4=O)cc23)ccc1Br. The Bertz CT molecular complexity index is 1290. The smallest absolute Gasteiger partial charge is 0.354 e. The summed E-state index contributed by atoms with van der Waals surface area (Å²) < 4.78 is 2.29. The van der Waals surface area contributed by atoms with E-state index in [9.17, 15) is 9.59 Å². The molecule has 0 aliphatic heterocycles. The zero-order chi connectivity index (χ0) is 20.5. The molecule has 4 rings (SSSR count). The van der Waals surface area contributed by atoms with Gasteiger partial charge in [0.05, 0.1) is 17.8 Å². The second-order valence-corrected chi connectivity index (χ2v) is 7.39. The van der Waals surface area contributed by atoms with Crippen molar-refractivity contribution in [2.24, 2.45) is 0 Å². The molecule has 0 saturated carbocycles. The van der Waals surface area contributed by atoms with Gasteiger partial charge in [-0.2, -0.15) is 4.98 Å². The molecule has 0 fully saturated rings. The van der Waals surface area contributed by atoms with E-state index in [1.807, 2.05) is 25.1 Å². The molecule has 0 radical (unpaired) electrons. The van der Waals surface area contributed by atoms with Crippen molar-refractivity contribution in [2.45, 2.75) is 13.3 Å². The van der Waals surface area contributed by atoms with Crippen LogP contribution in [0.15, 0.2) is 58.1 Å². The van der Waals surface area contributed by atoms with Gasteiger partial charge in [0.25, 0.3) is 0 Å². The first-order chi connectivity index (χ1) is 13.9. The second-order valence-electron chi connectivity index (χ2n) is 6.54. The van der Waals surface area contributed by atoms with E-state index in [0.29, 0.717) is 11.5 Å². The Balaban J connectivity index is 1.61. The first kappa shape index (κ1) is 18.9. The molecule has 3 heterocycles. The lowest BCUT2D eigenvalue weighted by molar-refractivity contribution is -0.115. The van der Waals surface area contributed by atoms with Crippen molar-refractivity contribution in [3.8, 4) is 5.69 Å². The van der Waals surface area contributed by atoms with Crippen LogP contribution in [0.2, 0.25) is 0 Å². The molecule has 1 aromatic carbocycles. The normalized spacial score (nSPS) is 11.0. The molecule has 4 N–H and O–H groups in total. The molecule has 0 saturated heterocycles. The van der Waals surface area contributed by atoms with E-state index in [1.165, 1.54) is 4.57 Å². The summed E-state index contributed by atoms with van der Waals surface area (Å²) in [6.45, 7) is 1.86. The maximum atomic E-state index is 12.5. The molecule has 9 heteroatoms. The number of fused-ring (bicyclic) bond motifs is 1. The Morgan fingerprint density at radius 1 is 1.24 bits per heavy atom. The van der Waals surface area contributed by atoms with E-state index < -0.39 is 5.69 Å². The molecule has 8 nitrogen and oxygen atoms in total. The minimum atomic E-state index is -0.462. The van der Waals surface area contributed by atoms with Crippen LogP contribution in [0.25, 0.3) is 16.6 Å². The lowest BCUT2D eigenvalue weighted by atomic mass is 10.1. The van der Waals surface area contributed by atoms with Gasteiger partial charge in [0.15, 0.2) is 0 Å². The van der Waals surface area contributed by atoms with Gasteiger partial charge >= 0.3 is 5.69 Å². The first-order valence-electron chi connectivity index (χ1n) is 8.79. The van der Waals surface area contributed by atoms with Gasteiger partial charge in [-0.25, -0.2) is 9.78 Å². The number of anilines is 2. The van der Waals surface area contributed by atoms with Crippen LogP contribution in [-0.4, -0.2) is 25.4 Å². The first-order valence-corrected chi connectivity index (χ1v) is 9.58.